The Morgan fingerprint density at radius 3 is 2.75 bits per heavy atom. The van der Waals surface area contributed by atoms with E-state index in [0.717, 1.165) is 5.56 Å². The molecule has 0 spiro atoms. The standard InChI is InChI=1S/C18H15ClN4O5/c1-9-7-11(19)3-6-15(9)28-10(2)17(24)22-21-16-13-8-12(23(26)27)4-5-14(13)20-18(16)25/h3-8,10,20,25H,1-2H3/t10-/m0/s1. The van der Waals surface area contributed by atoms with E-state index in [0.29, 0.717) is 16.3 Å². The highest BCUT2D eigenvalue weighted by atomic mass is 35.5. The molecule has 0 radical (unpaired) electrons. The number of non-ortho nitro benzene ring substituents is 1. The number of carbonyl (C=O) groups excluding carboxylic acids is 1. The van der Waals surface area contributed by atoms with Crippen LogP contribution in [0.1, 0.15) is 12.5 Å². The minimum Gasteiger partial charge on any atom is -0.493 e. The van der Waals surface area contributed by atoms with E-state index in [1.54, 1.807) is 25.1 Å². The van der Waals surface area contributed by atoms with Crippen LogP contribution in [0, 0.1) is 17.0 Å². The Morgan fingerprint density at radius 2 is 2.07 bits per heavy atom. The van der Waals surface area contributed by atoms with Gasteiger partial charge < -0.3 is 14.8 Å². The molecule has 9 nitrogen and oxygen atoms in total. The third-order valence-electron chi connectivity index (χ3n) is 3.98. The first kappa shape index (κ1) is 19.3. The maximum Gasteiger partial charge on any atom is 0.304 e. The van der Waals surface area contributed by atoms with Gasteiger partial charge in [-0.05, 0) is 43.7 Å². The number of ether oxygens (including phenoxy) is 1. The monoisotopic (exact) mass is 402 g/mol. The molecule has 0 unspecified atom stereocenters. The number of nitrogens with one attached hydrogen (secondary N) is 1. The zero-order valence-corrected chi connectivity index (χ0v) is 15.6. The first-order chi connectivity index (χ1) is 13.3. The molecule has 144 valence electrons. The first-order valence-electron chi connectivity index (χ1n) is 8.13. The number of azo groups is 1. The summed E-state index contributed by atoms with van der Waals surface area (Å²) in [7, 11) is 0. The summed E-state index contributed by atoms with van der Waals surface area (Å²) >= 11 is 5.89. The van der Waals surface area contributed by atoms with Gasteiger partial charge in [-0.25, -0.2) is 0 Å². The number of benzene rings is 2. The summed E-state index contributed by atoms with van der Waals surface area (Å²) in [6.07, 6.45) is -0.940. The summed E-state index contributed by atoms with van der Waals surface area (Å²) in [5.41, 5.74) is 0.933. The van der Waals surface area contributed by atoms with Crippen LogP contribution in [0.3, 0.4) is 0 Å². The summed E-state index contributed by atoms with van der Waals surface area (Å²) in [4.78, 5) is 25.2. The Bertz CT molecular complexity index is 1110. The number of fused-ring (bicyclic) bond motifs is 1. The third-order valence-corrected chi connectivity index (χ3v) is 4.22. The average molecular weight is 403 g/mol. The second kappa shape index (κ2) is 7.65. The van der Waals surface area contributed by atoms with Crippen LogP contribution in [0.5, 0.6) is 11.6 Å². The second-order valence-electron chi connectivity index (χ2n) is 6.02. The molecule has 3 rings (SSSR count). The SMILES string of the molecule is Cc1cc(Cl)ccc1O[C@@H](C)C(=O)N=Nc1c(O)[nH]c2ccc([N+](=O)[O-])cc12. The Kier molecular flexibility index (Phi) is 5.27. The van der Waals surface area contributed by atoms with Crippen molar-refractivity contribution in [2.24, 2.45) is 10.2 Å². The summed E-state index contributed by atoms with van der Waals surface area (Å²) in [5, 5.41) is 29.1. The van der Waals surface area contributed by atoms with E-state index in [-0.39, 0.29) is 22.6 Å². The van der Waals surface area contributed by atoms with Crippen molar-refractivity contribution in [1.82, 2.24) is 4.98 Å². The molecule has 0 aliphatic rings. The van der Waals surface area contributed by atoms with Crippen molar-refractivity contribution in [2.75, 3.05) is 0 Å². The molecule has 0 bridgehead atoms. The molecule has 0 aliphatic heterocycles. The molecule has 10 heteroatoms. The van der Waals surface area contributed by atoms with Gasteiger partial charge in [-0.15, -0.1) is 10.2 Å². The fourth-order valence-corrected chi connectivity index (χ4v) is 2.76. The fraction of sp³-hybridized carbons (Fsp3) is 0.167. The van der Waals surface area contributed by atoms with Crippen LogP contribution in [0.25, 0.3) is 10.9 Å². The summed E-state index contributed by atoms with van der Waals surface area (Å²) in [5.74, 6) is -0.561. The first-order valence-corrected chi connectivity index (χ1v) is 8.51. The largest absolute Gasteiger partial charge is 0.493 e. The van der Waals surface area contributed by atoms with Crippen molar-refractivity contribution in [2.45, 2.75) is 20.0 Å². The van der Waals surface area contributed by atoms with Crippen molar-refractivity contribution in [1.29, 1.82) is 0 Å². The van der Waals surface area contributed by atoms with Crippen LogP contribution in [-0.4, -0.2) is 27.0 Å². The van der Waals surface area contributed by atoms with Crippen LogP contribution in [0.15, 0.2) is 46.6 Å². The molecule has 3 aromatic rings. The van der Waals surface area contributed by atoms with Crippen LogP contribution in [-0.2, 0) is 4.79 Å². The van der Waals surface area contributed by atoms with E-state index >= 15 is 0 Å². The molecule has 0 aliphatic carbocycles. The van der Waals surface area contributed by atoms with Gasteiger partial charge >= 0.3 is 5.91 Å². The molecule has 2 aromatic carbocycles. The van der Waals surface area contributed by atoms with Gasteiger partial charge in [0, 0.05) is 22.5 Å². The van der Waals surface area contributed by atoms with Gasteiger partial charge in [0.2, 0.25) is 5.88 Å². The minimum absolute atomic E-state index is 0.0677. The lowest BCUT2D eigenvalue weighted by Crippen LogP contribution is -2.21. The number of aromatic amines is 1. The molecule has 28 heavy (non-hydrogen) atoms. The molecule has 1 aromatic heterocycles. The Balaban J connectivity index is 1.82. The number of rotatable bonds is 5. The van der Waals surface area contributed by atoms with Crippen LogP contribution >= 0.6 is 11.6 Å². The van der Waals surface area contributed by atoms with Gasteiger partial charge in [-0.1, -0.05) is 11.6 Å². The van der Waals surface area contributed by atoms with Crippen LogP contribution in [0.2, 0.25) is 5.02 Å². The molecule has 1 amide bonds. The van der Waals surface area contributed by atoms with Gasteiger partial charge in [0.05, 0.1) is 10.4 Å². The van der Waals surface area contributed by atoms with Crippen LogP contribution in [0.4, 0.5) is 11.4 Å². The average Bonchev–Trinajstić information content (AvgIpc) is 2.96. The number of carbonyl (C=O) groups is 1. The lowest BCUT2D eigenvalue weighted by Gasteiger charge is -2.13. The smallest absolute Gasteiger partial charge is 0.304 e. The van der Waals surface area contributed by atoms with Gasteiger partial charge in [-0.2, -0.15) is 0 Å². The highest BCUT2D eigenvalue weighted by Crippen LogP contribution is 2.37. The van der Waals surface area contributed by atoms with Gasteiger partial charge in [0.1, 0.15) is 5.75 Å². The summed E-state index contributed by atoms with van der Waals surface area (Å²) in [6, 6.07) is 8.94. The number of aromatic nitrogens is 1. The van der Waals surface area contributed by atoms with Crippen molar-refractivity contribution >= 4 is 39.8 Å². The number of H-pyrrole nitrogens is 1. The minimum atomic E-state index is -0.940. The van der Waals surface area contributed by atoms with E-state index in [1.165, 1.54) is 25.1 Å². The molecule has 2 N–H and O–H groups in total. The summed E-state index contributed by atoms with van der Waals surface area (Å²) < 4.78 is 5.58. The molecular weight excluding hydrogens is 388 g/mol. The second-order valence-corrected chi connectivity index (χ2v) is 6.45. The third kappa shape index (κ3) is 3.94. The number of halogens is 1. The number of aryl methyl sites for hydroxylation is 1. The Morgan fingerprint density at radius 1 is 1.32 bits per heavy atom. The lowest BCUT2D eigenvalue weighted by atomic mass is 10.2. The number of nitrogens with zero attached hydrogens (tertiary/aromatic N) is 3. The van der Waals surface area contributed by atoms with Crippen molar-refractivity contribution < 1.29 is 19.6 Å². The van der Waals surface area contributed by atoms with Gasteiger partial charge in [0.25, 0.3) is 5.69 Å². The molecule has 1 heterocycles. The maximum atomic E-state index is 12.2. The quantitative estimate of drug-likeness (QED) is 0.359. The van der Waals surface area contributed by atoms with E-state index < -0.39 is 16.9 Å². The molecule has 0 saturated heterocycles. The number of hydrogen-bond donors (Lipinski definition) is 2. The zero-order valence-electron chi connectivity index (χ0n) is 14.8. The van der Waals surface area contributed by atoms with Crippen molar-refractivity contribution in [3.05, 3.63) is 57.1 Å². The highest BCUT2D eigenvalue weighted by Gasteiger charge is 2.18. The predicted octanol–water partition coefficient (Wildman–Crippen LogP) is 4.82. The van der Waals surface area contributed by atoms with E-state index in [9.17, 15) is 20.0 Å². The number of nitro benzene ring substituents is 1. The molecule has 0 saturated carbocycles. The van der Waals surface area contributed by atoms with Crippen molar-refractivity contribution in [3.63, 3.8) is 0 Å². The zero-order chi connectivity index (χ0) is 20.4. The predicted molar refractivity (Wildman–Crippen MR) is 102 cm³/mol. The highest BCUT2D eigenvalue weighted by molar-refractivity contribution is 6.30. The normalized spacial score (nSPS) is 12.4. The van der Waals surface area contributed by atoms with E-state index in [1.807, 2.05) is 0 Å². The molecular formula is C18H15ClN4O5. The van der Waals surface area contributed by atoms with Gasteiger partial charge in [-0.3, -0.25) is 14.9 Å². The Labute approximate surface area is 163 Å². The topological polar surface area (TPSA) is 130 Å². The number of nitro groups is 1. The number of aromatic hydroxyl groups is 1. The van der Waals surface area contributed by atoms with Crippen molar-refractivity contribution in [3.8, 4) is 11.6 Å². The lowest BCUT2D eigenvalue weighted by molar-refractivity contribution is -0.384. The number of amides is 1. The Hall–Kier alpha value is -3.46. The van der Waals surface area contributed by atoms with Crippen LogP contribution < -0.4 is 4.74 Å². The van der Waals surface area contributed by atoms with E-state index in [4.69, 9.17) is 16.3 Å². The molecule has 0 fully saturated rings. The van der Waals surface area contributed by atoms with E-state index in [2.05, 4.69) is 15.2 Å². The summed E-state index contributed by atoms with van der Waals surface area (Å²) in [6.45, 7) is 3.30. The maximum absolute atomic E-state index is 12.2. The number of hydrogen-bond acceptors (Lipinski definition) is 6. The fourth-order valence-electron chi connectivity index (χ4n) is 2.53. The molecule has 1 atom stereocenters. The van der Waals surface area contributed by atoms with Gasteiger partial charge in [0.15, 0.2) is 11.8 Å².